The van der Waals surface area contributed by atoms with Crippen molar-refractivity contribution in [2.24, 2.45) is 0 Å². The third-order valence-corrected chi connectivity index (χ3v) is 3.75. The third-order valence-electron chi connectivity index (χ3n) is 3.75. The van der Waals surface area contributed by atoms with Gasteiger partial charge in [-0.15, -0.1) is 0 Å². The van der Waals surface area contributed by atoms with Crippen molar-refractivity contribution in [3.63, 3.8) is 0 Å². The molecule has 2 N–H and O–H groups in total. The van der Waals surface area contributed by atoms with Gasteiger partial charge in [-0.2, -0.15) is 0 Å². The molecule has 4 heteroatoms. The molecule has 2 rings (SSSR count). The number of phenolic OH excluding ortho intramolecular Hbond substituents is 1. The summed E-state index contributed by atoms with van der Waals surface area (Å²) < 4.78 is 0. The smallest absolute Gasteiger partial charge is 0.227 e. The van der Waals surface area contributed by atoms with Gasteiger partial charge in [-0.1, -0.05) is 18.2 Å². The van der Waals surface area contributed by atoms with E-state index in [0.29, 0.717) is 25.1 Å². The second-order valence-corrected chi connectivity index (χ2v) is 5.54. The highest BCUT2D eigenvalue weighted by Crippen LogP contribution is 2.23. The van der Waals surface area contributed by atoms with Gasteiger partial charge in [0.1, 0.15) is 5.75 Å². The van der Waals surface area contributed by atoms with Gasteiger partial charge in [0.05, 0.1) is 12.0 Å². The highest BCUT2D eigenvalue weighted by molar-refractivity contribution is 5.79. The number of amides is 1. The maximum absolute atomic E-state index is 12.2. The highest BCUT2D eigenvalue weighted by atomic mass is 16.3. The fourth-order valence-corrected chi connectivity index (χ4v) is 2.45. The Kier molecular flexibility index (Phi) is 4.10. The summed E-state index contributed by atoms with van der Waals surface area (Å²) in [6.45, 7) is 3.09. The lowest BCUT2D eigenvalue weighted by Gasteiger charge is -2.22. The molecule has 1 amide bonds. The Bertz CT molecular complexity index is 456. The van der Waals surface area contributed by atoms with E-state index in [0.717, 1.165) is 12.8 Å². The van der Waals surface area contributed by atoms with E-state index in [9.17, 15) is 15.0 Å². The molecule has 1 aliphatic rings. The number of hydrogen-bond acceptors (Lipinski definition) is 3. The molecule has 1 unspecified atom stereocenters. The van der Waals surface area contributed by atoms with Gasteiger partial charge in [0.15, 0.2) is 0 Å². The van der Waals surface area contributed by atoms with E-state index in [4.69, 9.17) is 0 Å². The van der Waals surface area contributed by atoms with Gasteiger partial charge < -0.3 is 15.1 Å². The van der Waals surface area contributed by atoms with E-state index >= 15 is 0 Å². The fraction of sp³-hybridized carbons (Fsp3) is 0.533. The van der Waals surface area contributed by atoms with Crippen molar-refractivity contribution in [3.05, 3.63) is 29.8 Å². The van der Waals surface area contributed by atoms with Crippen LogP contribution in [0.1, 0.15) is 31.7 Å². The average molecular weight is 263 g/mol. The number of likely N-dealkylation sites (tertiary alicyclic amines) is 1. The van der Waals surface area contributed by atoms with Crippen LogP contribution in [0.3, 0.4) is 0 Å². The van der Waals surface area contributed by atoms with Crippen LogP contribution in [0, 0.1) is 0 Å². The summed E-state index contributed by atoms with van der Waals surface area (Å²) in [6, 6.07) is 6.92. The number of rotatable bonds is 2. The van der Waals surface area contributed by atoms with Crippen molar-refractivity contribution in [3.8, 4) is 5.75 Å². The Hall–Kier alpha value is -1.55. The predicted octanol–water partition coefficient (Wildman–Crippen LogP) is 1.70. The summed E-state index contributed by atoms with van der Waals surface area (Å²) in [4.78, 5) is 14.0. The third kappa shape index (κ3) is 3.70. The molecular weight excluding hydrogens is 242 g/mol. The first-order valence-electron chi connectivity index (χ1n) is 6.75. The summed E-state index contributed by atoms with van der Waals surface area (Å²) in [5, 5.41) is 19.7. The van der Waals surface area contributed by atoms with Crippen molar-refractivity contribution >= 4 is 5.91 Å². The van der Waals surface area contributed by atoms with E-state index in [1.807, 2.05) is 13.0 Å². The lowest BCUT2D eigenvalue weighted by Crippen LogP contribution is -2.34. The summed E-state index contributed by atoms with van der Waals surface area (Å²) in [5.41, 5.74) is -0.00676. The second kappa shape index (κ2) is 5.61. The normalized spacial score (nSPS) is 24.0. The van der Waals surface area contributed by atoms with Gasteiger partial charge in [0.25, 0.3) is 0 Å². The molecule has 19 heavy (non-hydrogen) atoms. The topological polar surface area (TPSA) is 60.8 Å². The number of benzene rings is 1. The summed E-state index contributed by atoms with van der Waals surface area (Å²) >= 11 is 0. The van der Waals surface area contributed by atoms with Crippen molar-refractivity contribution in [2.45, 2.75) is 38.2 Å². The highest BCUT2D eigenvalue weighted by Gasteiger charge is 2.27. The Morgan fingerprint density at radius 1 is 1.32 bits per heavy atom. The first-order valence-corrected chi connectivity index (χ1v) is 6.75. The van der Waals surface area contributed by atoms with Crippen molar-refractivity contribution in [2.75, 3.05) is 13.1 Å². The number of aliphatic hydroxyl groups is 1. The number of hydrogen-bond donors (Lipinski definition) is 2. The minimum absolute atomic E-state index is 0.0131. The molecule has 0 bridgehead atoms. The molecule has 4 nitrogen and oxygen atoms in total. The van der Waals surface area contributed by atoms with Crippen LogP contribution >= 0.6 is 0 Å². The maximum Gasteiger partial charge on any atom is 0.227 e. The monoisotopic (exact) mass is 263 g/mol. The quantitative estimate of drug-likeness (QED) is 0.853. The van der Waals surface area contributed by atoms with Crippen LogP contribution in [0.15, 0.2) is 24.3 Å². The van der Waals surface area contributed by atoms with Crippen molar-refractivity contribution < 1.29 is 15.0 Å². The molecule has 1 aromatic carbocycles. The zero-order valence-electron chi connectivity index (χ0n) is 11.3. The number of carbonyl (C=O) groups is 1. The average Bonchev–Trinajstić information content (AvgIpc) is 2.53. The van der Waals surface area contributed by atoms with Gasteiger partial charge in [0, 0.05) is 18.7 Å². The van der Waals surface area contributed by atoms with E-state index in [2.05, 4.69) is 0 Å². The van der Waals surface area contributed by atoms with Crippen LogP contribution in [0.25, 0.3) is 0 Å². The van der Waals surface area contributed by atoms with E-state index < -0.39 is 5.60 Å². The maximum atomic E-state index is 12.2. The molecule has 1 saturated heterocycles. The fourth-order valence-electron chi connectivity index (χ4n) is 2.45. The minimum Gasteiger partial charge on any atom is -0.508 e. The standard InChI is InChI=1S/C15H21NO3/c1-15(19)7-4-9-16(10-8-15)14(18)11-12-5-2-3-6-13(12)17/h2-3,5-6,17,19H,4,7-11H2,1H3. The molecule has 0 aliphatic carbocycles. The predicted molar refractivity (Wildman–Crippen MR) is 72.9 cm³/mol. The largest absolute Gasteiger partial charge is 0.508 e. The van der Waals surface area contributed by atoms with Crippen LogP contribution in [-0.4, -0.2) is 39.7 Å². The molecule has 1 aliphatic heterocycles. The number of aromatic hydroxyl groups is 1. The van der Waals surface area contributed by atoms with E-state index in [-0.39, 0.29) is 18.1 Å². The SMILES string of the molecule is CC1(O)CCCN(C(=O)Cc2ccccc2O)CC1. The van der Waals surface area contributed by atoms with Gasteiger partial charge in [0.2, 0.25) is 5.91 Å². The van der Waals surface area contributed by atoms with Crippen LogP contribution in [-0.2, 0) is 11.2 Å². The summed E-state index contributed by atoms with van der Waals surface area (Å²) in [7, 11) is 0. The van der Waals surface area contributed by atoms with Crippen LogP contribution in [0.2, 0.25) is 0 Å². The van der Waals surface area contributed by atoms with E-state index in [1.165, 1.54) is 0 Å². The van der Waals surface area contributed by atoms with Crippen molar-refractivity contribution in [1.82, 2.24) is 4.90 Å². The second-order valence-electron chi connectivity index (χ2n) is 5.54. The molecular formula is C15H21NO3. The molecule has 0 saturated carbocycles. The van der Waals surface area contributed by atoms with Gasteiger partial charge >= 0.3 is 0 Å². The Balaban J connectivity index is 1.99. The van der Waals surface area contributed by atoms with Gasteiger partial charge in [-0.3, -0.25) is 4.79 Å². The Labute approximate surface area is 113 Å². The molecule has 1 atom stereocenters. The van der Waals surface area contributed by atoms with Crippen LogP contribution < -0.4 is 0 Å². The first kappa shape index (κ1) is 13.9. The number of nitrogens with zero attached hydrogens (tertiary/aromatic N) is 1. The number of phenols is 1. The lowest BCUT2D eigenvalue weighted by molar-refractivity contribution is -0.130. The zero-order chi connectivity index (χ0) is 13.9. The van der Waals surface area contributed by atoms with Crippen molar-refractivity contribution in [1.29, 1.82) is 0 Å². The van der Waals surface area contributed by atoms with Gasteiger partial charge in [-0.25, -0.2) is 0 Å². The van der Waals surface area contributed by atoms with Gasteiger partial charge in [-0.05, 0) is 32.3 Å². The molecule has 0 spiro atoms. The summed E-state index contributed by atoms with van der Waals surface area (Å²) in [6.07, 6.45) is 2.38. The summed E-state index contributed by atoms with van der Waals surface area (Å²) in [5.74, 6) is 0.178. The van der Waals surface area contributed by atoms with E-state index in [1.54, 1.807) is 23.1 Å². The van der Waals surface area contributed by atoms with Crippen LogP contribution in [0.5, 0.6) is 5.75 Å². The Morgan fingerprint density at radius 3 is 2.79 bits per heavy atom. The molecule has 104 valence electrons. The lowest BCUT2D eigenvalue weighted by atomic mass is 9.98. The molecule has 1 heterocycles. The minimum atomic E-state index is -0.663. The number of carbonyl (C=O) groups excluding carboxylic acids is 1. The number of para-hydroxylation sites is 1. The molecule has 1 aromatic rings. The van der Waals surface area contributed by atoms with Crippen LogP contribution in [0.4, 0.5) is 0 Å². The Morgan fingerprint density at radius 2 is 2.05 bits per heavy atom. The molecule has 0 radical (unpaired) electrons. The molecule has 1 fully saturated rings. The zero-order valence-corrected chi connectivity index (χ0v) is 11.3. The first-order chi connectivity index (χ1) is 8.98. The molecule has 0 aromatic heterocycles.